The van der Waals surface area contributed by atoms with Gasteiger partial charge in [-0.1, -0.05) is 45.0 Å². The van der Waals surface area contributed by atoms with E-state index in [0.717, 1.165) is 16.9 Å². The molecular weight excluding hydrogens is 388 g/mol. The molecule has 0 unspecified atom stereocenters. The van der Waals surface area contributed by atoms with Crippen LogP contribution in [0.1, 0.15) is 50.4 Å². The molecule has 0 aliphatic heterocycles. The van der Waals surface area contributed by atoms with E-state index in [1.165, 1.54) is 17.7 Å². The molecule has 2 aromatic carbocycles. The molecule has 0 spiro atoms. The molecule has 2 atom stereocenters. The highest BCUT2D eigenvalue weighted by molar-refractivity contribution is 7.89. The summed E-state index contributed by atoms with van der Waals surface area (Å²) in [6, 6.07) is 12.7. The lowest BCUT2D eigenvalue weighted by molar-refractivity contribution is -0.698. The van der Waals surface area contributed by atoms with Crippen LogP contribution < -0.4 is 15.2 Å². The van der Waals surface area contributed by atoms with E-state index in [2.05, 4.69) is 32.9 Å². The van der Waals surface area contributed by atoms with Crippen LogP contribution in [0, 0.1) is 6.92 Å². The van der Waals surface area contributed by atoms with Gasteiger partial charge in [0.05, 0.1) is 4.90 Å². The van der Waals surface area contributed by atoms with Crippen molar-refractivity contribution in [3.8, 4) is 5.75 Å². The van der Waals surface area contributed by atoms with Crippen LogP contribution in [0.25, 0.3) is 0 Å². The second-order valence-electron chi connectivity index (χ2n) is 8.57. The minimum absolute atomic E-state index is 0.0620. The van der Waals surface area contributed by atoms with E-state index in [1.54, 1.807) is 12.1 Å². The van der Waals surface area contributed by atoms with Gasteiger partial charge in [0.25, 0.3) is 0 Å². The number of aliphatic hydroxyl groups excluding tert-OH is 1. The number of rotatable bonds is 8. The monoisotopic (exact) mass is 421 g/mol. The average Bonchev–Trinajstić information content (AvgIpc) is 2.63. The quantitative estimate of drug-likeness (QED) is 0.606. The number of quaternary nitrogens is 1. The standard InChI is InChI=1S/C22H32N2O4S/c1-15-12-18(22(3,4)5)8-11-21(15)28-14-19(25)13-24-16(2)17-6-9-20(10-7-17)29(23,26)27/h6-12,16,19,24-25H,13-14H2,1-5H3,(H2,23,26,27)/p+1/t16-,19-/m1/s1. The largest absolute Gasteiger partial charge is 0.490 e. The van der Waals surface area contributed by atoms with Crippen molar-refractivity contribution in [1.29, 1.82) is 0 Å². The SMILES string of the molecule is Cc1cc(C(C)(C)C)ccc1OC[C@H](O)C[NH2+][C@H](C)c1ccc(S(N)(=O)=O)cc1. The van der Waals surface area contributed by atoms with Crippen molar-refractivity contribution < 1.29 is 23.6 Å². The summed E-state index contributed by atoms with van der Waals surface area (Å²) in [7, 11) is -3.69. The Kier molecular flexibility index (Phi) is 7.45. The van der Waals surface area contributed by atoms with Crippen molar-refractivity contribution in [2.45, 2.75) is 57.1 Å². The zero-order valence-corrected chi connectivity index (χ0v) is 18.7. The lowest BCUT2D eigenvalue weighted by Crippen LogP contribution is -2.87. The average molecular weight is 422 g/mol. The Hall–Kier alpha value is -1.93. The second-order valence-corrected chi connectivity index (χ2v) is 10.1. The first-order valence-corrected chi connectivity index (χ1v) is 11.3. The van der Waals surface area contributed by atoms with Crippen molar-refractivity contribution in [2.24, 2.45) is 5.14 Å². The maximum atomic E-state index is 11.3. The van der Waals surface area contributed by atoms with Gasteiger partial charge in [-0.25, -0.2) is 13.6 Å². The van der Waals surface area contributed by atoms with E-state index < -0.39 is 16.1 Å². The smallest absolute Gasteiger partial charge is 0.238 e. The fraction of sp³-hybridized carbons (Fsp3) is 0.455. The molecule has 0 heterocycles. The minimum Gasteiger partial charge on any atom is -0.490 e. The van der Waals surface area contributed by atoms with Gasteiger partial charge in [-0.3, -0.25) is 0 Å². The van der Waals surface area contributed by atoms with Gasteiger partial charge in [0.2, 0.25) is 10.0 Å². The first-order valence-electron chi connectivity index (χ1n) is 9.76. The number of sulfonamides is 1. The molecule has 2 aromatic rings. The zero-order valence-electron chi connectivity index (χ0n) is 17.8. The first-order chi connectivity index (χ1) is 13.4. The van der Waals surface area contributed by atoms with Crippen molar-refractivity contribution in [1.82, 2.24) is 0 Å². The van der Waals surface area contributed by atoms with Gasteiger partial charge in [-0.05, 0) is 48.6 Å². The lowest BCUT2D eigenvalue weighted by atomic mass is 9.86. The Morgan fingerprint density at radius 3 is 2.28 bits per heavy atom. The molecule has 5 N–H and O–H groups in total. The van der Waals surface area contributed by atoms with Gasteiger partial charge in [0.1, 0.15) is 31.0 Å². The Bertz CT molecular complexity index is 919. The summed E-state index contributed by atoms with van der Waals surface area (Å²) in [5, 5.41) is 17.4. The summed E-state index contributed by atoms with van der Waals surface area (Å²) in [4.78, 5) is 0.0923. The fourth-order valence-electron chi connectivity index (χ4n) is 2.99. The molecule has 7 heteroatoms. The summed E-state index contributed by atoms with van der Waals surface area (Å²) in [6.45, 7) is 11.2. The van der Waals surface area contributed by atoms with Crippen LogP contribution in [0.15, 0.2) is 47.4 Å². The summed E-state index contributed by atoms with van der Waals surface area (Å²) >= 11 is 0. The maximum absolute atomic E-state index is 11.3. The maximum Gasteiger partial charge on any atom is 0.238 e. The van der Waals surface area contributed by atoms with Crippen LogP contribution in [-0.2, 0) is 15.4 Å². The summed E-state index contributed by atoms with van der Waals surface area (Å²) in [5.41, 5.74) is 3.34. The molecular formula is C22H33N2O4S+. The van der Waals surface area contributed by atoms with Crippen LogP contribution in [-0.4, -0.2) is 32.8 Å². The van der Waals surface area contributed by atoms with Crippen molar-refractivity contribution in [3.05, 3.63) is 59.2 Å². The number of benzene rings is 2. The molecule has 0 saturated heterocycles. The molecule has 0 bridgehead atoms. The number of hydrogen-bond acceptors (Lipinski definition) is 4. The van der Waals surface area contributed by atoms with E-state index in [1.807, 2.05) is 25.2 Å². The number of ether oxygens (including phenoxy) is 1. The minimum atomic E-state index is -3.69. The first kappa shape index (κ1) is 23.3. The van der Waals surface area contributed by atoms with Gasteiger partial charge in [0, 0.05) is 5.56 Å². The molecule has 0 aliphatic carbocycles. The third-order valence-corrected chi connectivity index (χ3v) is 5.90. The molecule has 0 radical (unpaired) electrons. The van der Waals surface area contributed by atoms with Gasteiger partial charge >= 0.3 is 0 Å². The molecule has 0 amide bonds. The molecule has 0 aliphatic rings. The predicted molar refractivity (Wildman–Crippen MR) is 114 cm³/mol. The number of primary sulfonamides is 1. The second kappa shape index (κ2) is 9.26. The normalized spacial score (nSPS) is 14.4. The lowest BCUT2D eigenvalue weighted by Gasteiger charge is -2.21. The Balaban J connectivity index is 1.86. The van der Waals surface area contributed by atoms with E-state index >= 15 is 0 Å². The highest BCUT2D eigenvalue weighted by Crippen LogP contribution is 2.27. The fourth-order valence-corrected chi connectivity index (χ4v) is 3.51. The number of hydrogen-bond donors (Lipinski definition) is 3. The van der Waals surface area contributed by atoms with Gasteiger partial charge in [0.15, 0.2) is 0 Å². The summed E-state index contributed by atoms with van der Waals surface area (Å²) < 4.78 is 28.5. The topological polar surface area (TPSA) is 106 Å². The van der Waals surface area contributed by atoms with Gasteiger partial charge < -0.3 is 15.2 Å². The van der Waals surface area contributed by atoms with Gasteiger partial charge in [-0.15, -0.1) is 0 Å². The van der Waals surface area contributed by atoms with E-state index in [-0.39, 0.29) is 23.0 Å². The third kappa shape index (κ3) is 6.82. The molecule has 160 valence electrons. The Morgan fingerprint density at radius 1 is 1.14 bits per heavy atom. The molecule has 0 fully saturated rings. The predicted octanol–water partition coefficient (Wildman–Crippen LogP) is 2.00. The van der Waals surface area contributed by atoms with Gasteiger partial charge in [-0.2, -0.15) is 0 Å². The van der Waals surface area contributed by atoms with Crippen molar-refractivity contribution in [3.63, 3.8) is 0 Å². The zero-order chi connectivity index (χ0) is 21.8. The molecule has 29 heavy (non-hydrogen) atoms. The van der Waals surface area contributed by atoms with E-state index in [4.69, 9.17) is 9.88 Å². The van der Waals surface area contributed by atoms with E-state index in [9.17, 15) is 13.5 Å². The van der Waals surface area contributed by atoms with Crippen LogP contribution >= 0.6 is 0 Å². The molecule has 0 aromatic heterocycles. The van der Waals surface area contributed by atoms with Crippen LogP contribution in [0.3, 0.4) is 0 Å². The van der Waals surface area contributed by atoms with E-state index in [0.29, 0.717) is 6.54 Å². The van der Waals surface area contributed by atoms with Crippen LogP contribution in [0.5, 0.6) is 5.75 Å². The Morgan fingerprint density at radius 2 is 1.76 bits per heavy atom. The number of aryl methyl sites for hydroxylation is 1. The third-order valence-electron chi connectivity index (χ3n) is 4.97. The highest BCUT2D eigenvalue weighted by Gasteiger charge is 2.17. The molecule has 0 saturated carbocycles. The van der Waals surface area contributed by atoms with Crippen LogP contribution in [0.2, 0.25) is 0 Å². The number of aliphatic hydroxyl groups is 1. The summed E-state index contributed by atoms with van der Waals surface area (Å²) in [5.74, 6) is 0.781. The molecule has 2 rings (SSSR count). The van der Waals surface area contributed by atoms with Crippen molar-refractivity contribution in [2.75, 3.05) is 13.2 Å². The molecule has 6 nitrogen and oxygen atoms in total. The summed E-state index contributed by atoms with van der Waals surface area (Å²) in [6.07, 6.45) is -0.622. The number of nitrogens with two attached hydrogens (primary N) is 2. The Labute approximate surface area is 174 Å². The highest BCUT2D eigenvalue weighted by atomic mass is 32.2. The van der Waals surface area contributed by atoms with Crippen molar-refractivity contribution >= 4 is 10.0 Å². The van der Waals surface area contributed by atoms with Crippen LogP contribution in [0.4, 0.5) is 0 Å².